The lowest BCUT2D eigenvalue weighted by Crippen LogP contribution is -2.16. The molecule has 1 rings (SSSR count). The van der Waals surface area contributed by atoms with Crippen molar-refractivity contribution in [3.05, 3.63) is 0 Å². The van der Waals surface area contributed by atoms with Crippen LogP contribution >= 0.6 is 22.6 Å². The third kappa shape index (κ3) is 1.27. The minimum absolute atomic E-state index is 0.222. The van der Waals surface area contributed by atoms with E-state index in [0.717, 1.165) is 0 Å². The standard InChI is InChI=1S/C4H7IO2/c5-3-1-7-2-4(3)6/h3-4,6H,1-2H2. The van der Waals surface area contributed by atoms with Crippen LogP contribution in [0, 0.1) is 0 Å². The highest BCUT2D eigenvalue weighted by atomic mass is 127. The second-order valence-electron chi connectivity index (χ2n) is 1.62. The average molecular weight is 214 g/mol. The lowest BCUT2D eigenvalue weighted by Gasteiger charge is -1.99. The average Bonchev–Trinajstić information content (AvgIpc) is 1.91. The van der Waals surface area contributed by atoms with Crippen LogP contribution in [0.1, 0.15) is 0 Å². The Morgan fingerprint density at radius 2 is 2.29 bits per heavy atom. The molecule has 3 heteroatoms. The van der Waals surface area contributed by atoms with Crippen LogP contribution in [0.3, 0.4) is 0 Å². The molecule has 0 aliphatic carbocycles. The van der Waals surface area contributed by atoms with Crippen LogP contribution in [0.15, 0.2) is 0 Å². The Hall–Kier alpha value is 0.650. The lowest BCUT2D eigenvalue weighted by molar-refractivity contribution is 0.128. The summed E-state index contributed by atoms with van der Waals surface area (Å²) in [6, 6.07) is 0. The summed E-state index contributed by atoms with van der Waals surface area (Å²) < 4.78 is 5.23. The van der Waals surface area contributed by atoms with Gasteiger partial charge in [-0.25, -0.2) is 0 Å². The number of halogens is 1. The fraction of sp³-hybridized carbons (Fsp3) is 1.00. The number of hydrogen-bond acceptors (Lipinski definition) is 2. The molecule has 2 atom stereocenters. The zero-order valence-electron chi connectivity index (χ0n) is 3.80. The van der Waals surface area contributed by atoms with Crippen LogP contribution in [-0.2, 0) is 4.74 Å². The van der Waals surface area contributed by atoms with Gasteiger partial charge in [-0.3, -0.25) is 0 Å². The SMILES string of the molecule is OC1COCC1I. The molecule has 1 aliphatic heterocycles. The Bertz CT molecular complexity index is 58.7. The summed E-state index contributed by atoms with van der Waals surface area (Å²) in [5, 5.41) is 8.87. The van der Waals surface area contributed by atoms with Crippen LogP contribution in [0.5, 0.6) is 0 Å². The first-order valence-corrected chi connectivity index (χ1v) is 3.45. The molecule has 0 aromatic heterocycles. The van der Waals surface area contributed by atoms with Crippen molar-refractivity contribution in [3.63, 3.8) is 0 Å². The van der Waals surface area contributed by atoms with E-state index in [4.69, 9.17) is 9.84 Å². The second kappa shape index (κ2) is 2.28. The van der Waals surface area contributed by atoms with E-state index in [0.29, 0.717) is 17.1 Å². The minimum atomic E-state index is -0.222. The molecule has 1 fully saturated rings. The van der Waals surface area contributed by atoms with Gasteiger partial charge in [0.2, 0.25) is 0 Å². The Morgan fingerprint density at radius 3 is 2.43 bits per heavy atom. The molecule has 2 nitrogen and oxygen atoms in total. The number of aliphatic hydroxyl groups is 1. The molecule has 1 N–H and O–H groups in total. The van der Waals surface area contributed by atoms with Crippen LogP contribution in [0.2, 0.25) is 0 Å². The van der Waals surface area contributed by atoms with Gasteiger partial charge >= 0.3 is 0 Å². The van der Waals surface area contributed by atoms with Crippen molar-refractivity contribution in [3.8, 4) is 0 Å². The van der Waals surface area contributed by atoms with E-state index < -0.39 is 0 Å². The number of alkyl halides is 1. The van der Waals surface area contributed by atoms with Crippen molar-refractivity contribution in [1.29, 1.82) is 0 Å². The summed E-state index contributed by atoms with van der Waals surface area (Å²) in [5.41, 5.74) is 0. The molecule has 0 bridgehead atoms. The summed E-state index contributed by atoms with van der Waals surface area (Å²) in [4.78, 5) is 0. The highest BCUT2D eigenvalue weighted by Gasteiger charge is 2.22. The van der Waals surface area contributed by atoms with Gasteiger partial charge in [-0.1, -0.05) is 22.6 Å². The predicted octanol–water partition coefficient (Wildman–Crippen LogP) is 0.181. The highest BCUT2D eigenvalue weighted by Crippen LogP contribution is 2.13. The Labute approximate surface area is 56.0 Å². The molecular weight excluding hydrogens is 207 g/mol. The van der Waals surface area contributed by atoms with Gasteiger partial charge in [0.25, 0.3) is 0 Å². The summed E-state index contributed by atoms with van der Waals surface area (Å²) in [5.74, 6) is 0. The Morgan fingerprint density at radius 1 is 1.57 bits per heavy atom. The first-order chi connectivity index (χ1) is 3.30. The summed E-state index contributed by atoms with van der Waals surface area (Å²) in [6.07, 6.45) is -0.222. The molecule has 1 aliphatic rings. The summed E-state index contributed by atoms with van der Waals surface area (Å²) >= 11 is 2.18. The number of hydrogen-bond donors (Lipinski definition) is 1. The van der Waals surface area contributed by atoms with E-state index in [2.05, 4.69) is 22.6 Å². The monoisotopic (exact) mass is 214 g/mol. The third-order valence-electron chi connectivity index (χ3n) is 0.983. The Balaban J connectivity index is 2.33. The molecule has 2 unspecified atom stereocenters. The van der Waals surface area contributed by atoms with Crippen LogP contribution < -0.4 is 0 Å². The fourth-order valence-corrected chi connectivity index (χ4v) is 0.979. The third-order valence-corrected chi connectivity index (χ3v) is 2.17. The van der Waals surface area contributed by atoms with Gasteiger partial charge in [-0.05, 0) is 0 Å². The van der Waals surface area contributed by atoms with Crippen LogP contribution in [0.25, 0.3) is 0 Å². The van der Waals surface area contributed by atoms with E-state index in [1.165, 1.54) is 0 Å². The first kappa shape index (κ1) is 5.78. The molecule has 0 spiro atoms. The van der Waals surface area contributed by atoms with E-state index in [9.17, 15) is 0 Å². The number of aliphatic hydroxyl groups excluding tert-OH is 1. The zero-order valence-corrected chi connectivity index (χ0v) is 5.96. The fourth-order valence-electron chi connectivity index (χ4n) is 0.517. The highest BCUT2D eigenvalue weighted by molar-refractivity contribution is 14.1. The molecule has 42 valence electrons. The number of ether oxygens (including phenoxy) is 1. The molecule has 0 aromatic rings. The van der Waals surface area contributed by atoms with Crippen LogP contribution in [-0.4, -0.2) is 28.3 Å². The molecule has 0 radical (unpaired) electrons. The quantitative estimate of drug-likeness (QED) is 0.460. The van der Waals surface area contributed by atoms with Gasteiger partial charge < -0.3 is 9.84 Å². The van der Waals surface area contributed by atoms with Crippen molar-refractivity contribution >= 4 is 22.6 Å². The predicted molar refractivity (Wildman–Crippen MR) is 34.6 cm³/mol. The second-order valence-corrected chi connectivity index (χ2v) is 3.22. The molecule has 1 heterocycles. The maximum absolute atomic E-state index is 8.87. The number of rotatable bonds is 0. The molecule has 0 amide bonds. The van der Waals surface area contributed by atoms with Crippen molar-refractivity contribution < 1.29 is 9.84 Å². The molecule has 1 saturated heterocycles. The van der Waals surface area contributed by atoms with E-state index in [1.54, 1.807) is 0 Å². The zero-order chi connectivity index (χ0) is 5.28. The molecule has 7 heavy (non-hydrogen) atoms. The van der Waals surface area contributed by atoms with E-state index >= 15 is 0 Å². The summed E-state index contributed by atoms with van der Waals surface area (Å²) in [6.45, 7) is 1.23. The maximum atomic E-state index is 8.87. The largest absolute Gasteiger partial charge is 0.390 e. The topological polar surface area (TPSA) is 29.5 Å². The van der Waals surface area contributed by atoms with Gasteiger partial charge in [-0.15, -0.1) is 0 Å². The summed E-state index contributed by atoms with van der Waals surface area (Å²) in [7, 11) is 0. The van der Waals surface area contributed by atoms with Crippen LogP contribution in [0.4, 0.5) is 0 Å². The van der Waals surface area contributed by atoms with Gasteiger partial charge in [0.1, 0.15) is 0 Å². The normalized spacial score (nSPS) is 42.0. The smallest absolute Gasteiger partial charge is 0.0913 e. The minimum Gasteiger partial charge on any atom is -0.390 e. The Kier molecular flexibility index (Phi) is 1.88. The van der Waals surface area contributed by atoms with Crippen molar-refractivity contribution in [2.24, 2.45) is 0 Å². The molecular formula is C4H7IO2. The molecule has 0 aromatic carbocycles. The van der Waals surface area contributed by atoms with E-state index in [-0.39, 0.29) is 6.10 Å². The van der Waals surface area contributed by atoms with Gasteiger partial charge in [-0.2, -0.15) is 0 Å². The first-order valence-electron chi connectivity index (χ1n) is 2.20. The van der Waals surface area contributed by atoms with Gasteiger partial charge in [0.05, 0.1) is 23.2 Å². The van der Waals surface area contributed by atoms with Crippen molar-refractivity contribution in [2.75, 3.05) is 13.2 Å². The van der Waals surface area contributed by atoms with E-state index in [1.807, 2.05) is 0 Å². The van der Waals surface area contributed by atoms with Gasteiger partial charge in [0, 0.05) is 0 Å². The maximum Gasteiger partial charge on any atom is 0.0913 e. The lowest BCUT2D eigenvalue weighted by atomic mass is 10.3. The van der Waals surface area contributed by atoms with Gasteiger partial charge in [0.15, 0.2) is 0 Å². The van der Waals surface area contributed by atoms with Crippen molar-refractivity contribution in [2.45, 2.75) is 10.0 Å². The van der Waals surface area contributed by atoms with Crippen molar-refractivity contribution in [1.82, 2.24) is 0 Å². The molecule has 0 saturated carbocycles.